The normalized spacial score (nSPS) is 33.2. The van der Waals surface area contributed by atoms with E-state index in [2.05, 4.69) is 10.6 Å². The van der Waals surface area contributed by atoms with Crippen LogP contribution in [0.3, 0.4) is 0 Å². The predicted molar refractivity (Wildman–Crippen MR) is 79.8 cm³/mol. The molecule has 0 aromatic heterocycles. The van der Waals surface area contributed by atoms with Crippen molar-refractivity contribution < 1.29 is 14.7 Å². The molecular weight excluding hydrogens is 270 g/mol. The summed E-state index contributed by atoms with van der Waals surface area (Å²) in [6.07, 6.45) is 7.39. The molecule has 2 amide bonds. The molecule has 0 aromatic rings. The summed E-state index contributed by atoms with van der Waals surface area (Å²) in [4.78, 5) is 22.8. The summed E-state index contributed by atoms with van der Waals surface area (Å²) in [5, 5.41) is 14.8. The lowest BCUT2D eigenvalue weighted by molar-refractivity contribution is -0.143. The number of carboxylic acids is 1. The number of rotatable bonds is 4. The van der Waals surface area contributed by atoms with Crippen molar-refractivity contribution in [2.45, 2.75) is 63.5 Å². The van der Waals surface area contributed by atoms with Crippen LogP contribution in [0.2, 0.25) is 0 Å². The molecule has 5 N–H and O–H groups in total. The van der Waals surface area contributed by atoms with Crippen molar-refractivity contribution in [2.75, 3.05) is 6.54 Å². The maximum absolute atomic E-state index is 11.9. The average molecular weight is 297 g/mol. The molecule has 21 heavy (non-hydrogen) atoms. The van der Waals surface area contributed by atoms with Gasteiger partial charge in [-0.3, -0.25) is 4.79 Å². The molecule has 0 aliphatic heterocycles. The van der Waals surface area contributed by atoms with Gasteiger partial charge in [0, 0.05) is 18.6 Å². The summed E-state index contributed by atoms with van der Waals surface area (Å²) in [5.41, 5.74) is 6.01. The molecule has 0 spiro atoms. The van der Waals surface area contributed by atoms with Gasteiger partial charge in [-0.25, -0.2) is 4.79 Å². The number of amides is 2. The monoisotopic (exact) mass is 297 g/mol. The van der Waals surface area contributed by atoms with E-state index in [0.717, 1.165) is 51.4 Å². The maximum Gasteiger partial charge on any atom is 0.315 e. The predicted octanol–water partition coefficient (Wildman–Crippen LogP) is 1.45. The van der Waals surface area contributed by atoms with Gasteiger partial charge in [0.1, 0.15) is 0 Å². The lowest BCUT2D eigenvalue weighted by Crippen LogP contribution is -2.52. The van der Waals surface area contributed by atoms with Crippen LogP contribution in [0.5, 0.6) is 0 Å². The zero-order valence-electron chi connectivity index (χ0n) is 12.5. The van der Waals surface area contributed by atoms with Crippen molar-refractivity contribution in [2.24, 2.45) is 17.6 Å². The molecule has 6 nitrogen and oxygen atoms in total. The second-order valence-corrected chi connectivity index (χ2v) is 6.47. The van der Waals surface area contributed by atoms with Gasteiger partial charge in [0.25, 0.3) is 0 Å². The molecule has 2 atom stereocenters. The Balaban J connectivity index is 1.64. The Morgan fingerprint density at radius 2 is 1.71 bits per heavy atom. The van der Waals surface area contributed by atoms with E-state index in [1.165, 1.54) is 0 Å². The minimum Gasteiger partial charge on any atom is -0.481 e. The van der Waals surface area contributed by atoms with Gasteiger partial charge in [0.15, 0.2) is 0 Å². The Morgan fingerprint density at radius 3 is 2.33 bits per heavy atom. The Kier molecular flexibility index (Phi) is 5.85. The fourth-order valence-electron chi connectivity index (χ4n) is 3.41. The number of nitrogens with two attached hydrogens (primary N) is 1. The third-order valence-corrected chi connectivity index (χ3v) is 4.88. The van der Waals surface area contributed by atoms with E-state index in [0.29, 0.717) is 12.5 Å². The highest BCUT2D eigenvalue weighted by Crippen LogP contribution is 2.28. The van der Waals surface area contributed by atoms with E-state index in [9.17, 15) is 9.59 Å². The minimum absolute atomic E-state index is 0.0653. The molecule has 6 heteroatoms. The Morgan fingerprint density at radius 1 is 1.05 bits per heavy atom. The van der Waals surface area contributed by atoms with Gasteiger partial charge in [-0.15, -0.1) is 0 Å². The fourth-order valence-corrected chi connectivity index (χ4v) is 3.41. The molecule has 120 valence electrons. The van der Waals surface area contributed by atoms with E-state index >= 15 is 0 Å². The quantitative estimate of drug-likeness (QED) is 0.630. The van der Waals surface area contributed by atoms with Crippen LogP contribution in [0.1, 0.15) is 51.4 Å². The van der Waals surface area contributed by atoms with Crippen molar-refractivity contribution in [3.63, 3.8) is 0 Å². The van der Waals surface area contributed by atoms with Crippen molar-refractivity contribution >= 4 is 12.0 Å². The summed E-state index contributed by atoms with van der Waals surface area (Å²) in [7, 11) is 0. The van der Waals surface area contributed by atoms with Crippen LogP contribution in [0.15, 0.2) is 0 Å². The minimum atomic E-state index is -0.689. The highest BCUT2D eigenvalue weighted by Gasteiger charge is 2.27. The van der Waals surface area contributed by atoms with Gasteiger partial charge in [-0.2, -0.15) is 0 Å². The number of hydrogen-bond acceptors (Lipinski definition) is 3. The Bertz CT molecular complexity index is 367. The van der Waals surface area contributed by atoms with E-state index in [1.807, 2.05) is 0 Å². The molecule has 2 aliphatic carbocycles. The largest absolute Gasteiger partial charge is 0.481 e. The molecule has 2 fully saturated rings. The first-order valence-corrected chi connectivity index (χ1v) is 8.09. The standard InChI is InChI=1S/C15H27N3O3/c16-12-3-1-2-4-13(12)18-15(21)17-9-10-5-7-11(8-6-10)14(19)20/h10-13H,1-9,16H2,(H,19,20)(H2,17,18,21). The number of carbonyl (C=O) groups is 2. The van der Waals surface area contributed by atoms with Crippen molar-refractivity contribution in [1.29, 1.82) is 0 Å². The maximum atomic E-state index is 11.9. The van der Waals surface area contributed by atoms with Crippen molar-refractivity contribution in [1.82, 2.24) is 10.6 Å². The second-order valence-electron chi connectivity index (χ2n) is 6.47. The van der Waals surface area contributed by atoms with Crippen LogP contribution < -0.4 is 16.4 Å². The smallest absolute Gasteiger partial charge is 0.315 e. The van der Waals surface area contributed by atoms with E-state index in [1.54, 1.807) is 0 Å². The molecule has 2 saturated carbocycles. The van der Waals surface area contributed by atoms with Crippen LogP contribution in [0, 0.1) is 11.8 Å². The number of nitrogens with one attached hydrogen (secondary N) is 2. The zero-order chi connectivity index (χ0) is 15.2. The van der Waals surface area contributed by atoms with E-state index in [-0.39, 0.29) is 24.0 Å². The van der Waals surface area contributed by atoms with Crippen LogP contribution >= 0.6 is 0 Å². The lowest BCUT2D eigenvalue weighted by atomic mass is 9.82. The topological polar surface area (TPSA) is 104 Å². The summed E-state index contributed by atoms with van der Waals surface area (Å²) < 4.78 is 0. The van der Waals surface area contributed by atoms with Crippen LogP contribution in [-0.4, -0.2) is 35.7 Å². The number of carbonyl (C=O) groups excluding carboxylic acids is 1. The molecule has 2 unspecified atom stereocenters. The van der Waals surface area contributed by atoms with Crippen molar-refractivity contribution in [3.8, 4) is 0 Å². The molecule has 0 saturated heterocycles. The van der Waals surface area contributed by atoms with E-state index in [4.69, 9.17) is 10.8 Å². The first kappa shape index (κ1) is 16.1. The molecule has 0 heterocycles. The molecule has 0 aromatic carbocycles. The fraction of sp³-hybridized carbons (Fsp3) is 0.867. The van der Waals surface area contributed by atoms with Gasteiger partial charge in [0.05, 0.1) is 5.92 Å². The Labute approximate surface area is 125 Å². The van der Waals surface area contributed by atoms with Gasteiger partial charge in [0.2, 0.25) is 0 Å². The summed E-state index contributed by atoms with van der Waals surface area (Å²) >= 11 is 0. The first-order chi connectivity index (χ1) is 10.1. The SMILES string of the molecule is NC1CCCCC1NC(=O)NCC1CCC(C(=O)O)CC1. The van der Waals surface area contributed by atoms with E-state index < -0.39 is 5.97 Å². The second kappa shape index (κ2) is 7.64. The highest BCUT2D eigenvalue weighted by molar-refractivity contribution is 5.74. The molecule has 0 radical (unpaired) electrons. The van der Waals surface area contributed by atoms with Gasteiger partial charge in [-0.1, -0.05) is 12.8 Å². The Hall–Kier alpha value is -1.30. The zero-order valence-corrected chi connectivity index (χ0v) is 12.5. The summed E-state index contributed by atoms with van der Waals surface area (Å²) in [6, 6.07) is 0.00899. The highest BCUT2D eigenvalue weighted by atomic mass is 16.4. The third-order valence-electron chi connectivity index (χ3n) is 4.88. The first-order valence-electron chi connectivity index (χ1n) is 8.09. The molecule has 2 rings (SSSR count). The summed E-state index contributed by atoms with van der Waals surface area (Å²) in [5.74, 6) is -0.493. The van der Waals surface area contributed by atoms with Gasteiger partial charge >= 0.3 is 12.0 Å². The van der Waals surface area contributed by atoms with Gasteiger partial charge in [-0.05, 0) is 44.4 Å². The number of urea groups is 1. The lowest BCUT2D eigenvalue weighted by Gasteiger charge is -2.30. The number of hydrogen-bond donors (Lipinski definition) is 4. The molecule has 0 bridgehead atoms. The molecular formula is C15H27N3O3. The molecule has 2 aliphatic rings. The van der Waals surface area contributed by atoms with Crippen LogP contribution in [0.25, 0.3) is 0 Å². The third kappa shape index (κ3) is 4.88. The van der Waals surface area contributed by atoms with Crippen LogP contribution in [0.4, 0.5) is 4.79 Å². The summed E-state index contributed by atoms with van der Waals surface area (Å²) in [6.45, 7) is 0.625. The van der Waals surface area contributed by atoms with Gasteiger partial charge < -0.3 is 21.5 Å². The van der Waals surface area contributed by atoms with Crippen molar-refractivity contribution in [3.05, 3.63) is 0 Å². The van der Waals surface area contributed by atoms with Crippen LogP contribution in [-0.2, 0) is 4.79 Å². The average Bonchev–Trinajstić information content (AvgIpc) is 2.48. The number of carboxylic acid groups (broad SMARTS) is 1. The number of aliphatic carboxylic acids is 1.